The van der Waals surface area contributed by atoms with Gasteiger partial charge in [0, 0.05) is 18.3 Å². The smallest absolute Gasteiger partial charge is 0.313 e. The number of nitrogens with one attached hydrogen (secondary N) is 2. The molecule has 2 amide bonds. The topological polar surface area (TPSA) is 61.4 Å². The number of hydrogen-bond acceptors (Lipinski definition) is 3. The number of carbonyl (C=O) groups excluding carboxylic acids is 2. The highest BCUT2D eigenvalue weighted by molar-refractivity contribution is 6.39. The average Bonchev–Trinajstić information content (AvgIpc) is 3.16. The van der Waals surface area contributed by atoms with Gasteiger partial charge in [-0.3, -0.25) is 9.59 Å². The highest BCUT2D eigenvalue weighted by Gasteiger charge is 2.27. The Balaban J connectivity index is 1.37. The number of rotatable bonds is 4. The zero-order valence-corrected chi connectivity index (χ0v) is 14.5. The number of hydrogen-bond donors (Lipinski definition) is 2. The monoisotopic (exact) mass is 347 g/mol. The number of benzene rings is 1. The van der Waals surface area contributed by atoms with Crippen LogP contribution in [0, 0.1) is 11.7 Å². The van der Waals surface area contributed by atoms with Gasteiger partial charge in [0.15, 0.2) is 0 Å². The molecule has 1 heterocycles. The molecule has 0 aromatic heterocycles. The fourth-order valence-electron chi connectivity index (χ4n) is 3.83. The summed E-state index contributed by atoms with van der Waals surface area (Å²) in [5.74, 6) is -1.30. The Hall–Kier alpha value is -1.95. The first kappa shape index (κ1) is 17.9. The molecule has 136 valence electrons. The number of anilines is 1. The largest absolute Gasteiger partial charge is 0.348 e. The quantitative estimate of drug-likeness (QED) is 0.823. The van der Waals surface area contributed by atoms with E-state index in [1.54, 1.807) is 0 Å². The molecule has 1 aromatic carbocycles. The Morgan fingerprint density at radius 2 is 1.64 bits per heavy atom. The van der Waals surface area contributed by atoms with Crippen LogP contribution in [0.1, 0.15) is 38.5 Å². The Morgan fingerprint density at radius 3 is 2.28 bits per heavy atom. The summed E-state index contributed by atoms with van der Waals surface area (Å²) in [5, 5.41) is 5.20. The van der Waals surface area contributed by atoms with Crippen molar-refractivity contribution in [3.05, 3.63) is 30.1 Å². The molecule has 1 saturated carbocycles. The third-order valence-corrected chi connectivity index (χ3v) is 5.35. The molecule has 5 nitrogen and oxygen atoms in total. The summed E-state index contributed by atoms with van der Waals surface area (Å²) < 4.78 is 12.8. The predicted octanol–water partition coefficient (Wildman–Crippen LogP) is 2.54. The molecule has 0 bridgehead atoms. The summed E-state index contributed by atoms with van der Waals surface area (Å²) >= 11 is 0. The second-order valence-corrected chi connectivity index (χ2v) is 7.09. The molecule has 2 N–H and O–H groups in total. The summed E-state index contributed by atoms with van der Waals surface area (Å²) in [5.41, 5.74) is 0.409. The molecule has 1 aromatic rings. The minimum absolute atomic E-state index is 0.383. The molecule has 0 unspecified atom stereocenters. The lowest BCUT2D eigenvalue weighted by atomic mass is 9.95. The van der Waals surface area contributed by atoms with Crippen molar-refractivity contribution in [1.29, 1.82) is 0 Å². The van der Waals surface area contributed by atoms with E-state index >= 15 is 0 Å². The Kier molecular flexibility index (Phi) is 6.02. The van der Waals surface area contributed by atoms with Gasteiger partial charge < -0.3 is 15.5 Å². The summed E-state index contributed by atoms with van der Waals surface area (Å²) in [6.07, 6.45) is 7.48. The molecule has 0 radical (unpaired) electrons. The van der Waals surface area contributed by atoms with Gasteiger partial charge in [0.25, 0.3) is 0 Å². The number of amides is 2. The van der Waals surface area contributed by atoms with Gasteiger partial charge in [-0.15, -0.1) is 0 Å². The second kappa shape index (κ2) is 8.43. The van der Waals surface area contributed by atoms with Gasteiger partial charge >= 0.3 is 11.8 Å². The zero-order chi connectivity index (χ0) is 17.6. The fourth-order valence-corrected chi connectivity index (χ4v) is 3.83. The van der Waals surface area contributed by atoms with Gasteiger partial charge in [-0.25, -0.2) is 4.39 Å². The fraction of sp³-hybridized carbons (Fsp3) is 0.579. The average molecular weight is 347 g/mol. The van der Waals surface area contributed by atoms with Crippen LogP contribution in [0.4, 0.5) is 10.1 Å². The lowest BCUT2D eigenvalue weighted by Crippen LogP contribution is -2.44. The zero-order valence-electron chi connectivity index (χ0n) is 14.5. The van der Waals surface area contributed by atoms with Crippen molar-refractivity contribution < 1.29 is 14.0 Å². The molecule has 3 rings (SSSR count). The van der Waals surface area contributed by atoms with Crippen LogP contribution in [-0.2, 0) is 9.59 Å². The highest BCUT2D eigenvalue weighted by atomic mass is 19.1. The van der Waals surface area contributed by atoms with Crippen molar-refractivity contribution in [1.82, 2.24) is 10.2 Å². The normalized spacial score (nSPS) is 19.7. The van der Waals surface area contributed by atoms with E-state index in [4.69, 9.17) is 0 Å². The predicted molar refractivity (Wildman–Crippen MR) is 94.6 cm³/mol. The van der Waals surface area contributed by atoms with Crippen LogP contribution in [-0.4, -0.2) is 42.4 Å². The van der Waals surface area contributed by atoms with E-state index in [0.717, 1.165) is 32.0 Å². The number of carbonyl (C=O) groups is 2. The first-order chi connectivity index (χ1) is 12.1. The van der Waals surface area contributed by atoms with Gasteiger partial charge in [0.2, 0.25) is 0 Å². The lowest BCUT2D eigenvalue weighted by Gasteiger charge is -2.36. The molecule has 25 heavy (non-hydrogen) atoms. The summed E-state index contributed by atoms with van der Waals surface area (Å²) in [6, 6.07) is 6.10. The van der Waals surface area contributed by atoms with Crippen molar-refractivity contribution in [3.63, 3.8) is 0 Å². The molecule has 1 saturated heterocycles. The Morgan fingerprint density at radius 1 is 1.00 bits per heavy atom. The molecule has 6 heteroatoms. The van der Waals surface area contributed by atoms with Crippen LogP contribution < -0.4 is 10.6 Å². The lowest BCUT2D eigenvalue weighted by molar-refractivity contribution is -0.136. The number of halogens is 1. The minimum Gasteiger partial charge on any atom is -0.348 e. The van der Waals surface area contributed by atoms with E-state index in [9.17, 15) is 14.0 Å². The third kappa shape index (κ3) is 5.01. The van der Waals surface area contributed by atoms with Gasteiger partial charge in [-0.2, -0.15) is 0 Å². The number of likely N-dealkylation sites (tertiary alicyclic amines) is 1. The van der Waals surface area contributed by atoms with Gasteiger partial charge in [-0.05, 0) is 69.0 Å². The maximum Gasteiger partial charge on any atom is 0.313 e. The Bertz CT molecular complexity index is 591. The summed E-state index contributed by atoms with van der Waals surface area (Å²) in [6.45, 7) is 2.72. The standard InChI is InChI=1S/C19H26FN3O2/c20-15-5-7-16(8-6-15)22-19(25)18(24)21-13-14-9-11-23(12-10-14)17-3-1-2-4-17/h5-8,14,17H,1-4,9-13H2,(H,21,24)(H,22,25). The van der Waals surface area contributed by atoms with Crippen LogP contribution >= 0.6 is 0 Å². The maximum atomic E-state index is 12.8. The van der Waals surface area contributed by atoms with Crippen molar-refractivity contribution in [3.8, 4) is 0 Å². The molecule has 2 aliphatic rings. The Labute approximate surface area is 148 Å². The second-order valence-electron chi connectivity index (χ2n) is 7.09. The first-order valence-corrected chi connectivity index (χ1v) is 9.20. The van der Waals surface area contributed by atoms with Crippen molar-refractivity contribution >= 4 is 17.5 Å². The highest BCUT2D eigenvalue weighted by Crippen LogP contribution is 2.27. The van der Waals surface area contributed by atoms with E-state index < -0.39 is 11.8 Å². The molecular weight excluding hydrogens is 321 g/mol. The van der Waals surface area contributed by atoms with Crippen LogP contribution in [0.3, 0.4) is 0 Å². The molecule has 1 aliphatic heterocycles. The van der Waals surface area contributed by atoms with Crippen molar-refractivity contribution in [2.45, 2.75) is 44.6 Å². The van der Waals surface area contributed by atoms with Crippen LogP contribution in [0.5, 0.6) is 0 Å². The maximum absolute atomic E-state index is 12.8. The van der Waals surface area contributed by atoms with E-state index in [1.807, 2.05) is 0 Å². The summed E-state index contributed by atoms with van der Waals surface area (Å²) in [4.78, 5) is 26.4. The van der Waals surface area contributed by atoms with Crippen molar-refractivity contribution in [2.75, 3.05) is 25.0 Å². The van der Waals surface area contributed by atoms with E-state index in [0.29, 0.717) is 18.2 Å². The minimum atomic E-state index is -0.713. The molecule has 2 fully saturated rings. The number of piperidine rings is 1. The van der Waals surface area contributed by atoms with E-state index in [1.165, 1.54) is 49.9 Å². The van der Waals surface area contributed by atoms with Crippen molar-refractivity contribution in [2.24, 2.45) is 5.92 Å². The van der Waals surface area contributed by atoms with Gasteiger partial charge in [0.1, 0.15) is 5.82 Å². The molecule has 1 aliphatic carbocycles. The van der Waals surface area contributed by atoms with E-state index in [2.05, 4.69) is 15.5 Å². The number of nitrogens with zero attached hydrogens (tertiary/aromatic N) is 1. The van der Waals surface area contributed by atoms with E-state index in [-0.39, 0.29) is 5.82 Å². The summed E-state index contributed by atoms with van der Waals surface area (Å²) in [7, 11) is 0. The first-order valence-electron chi connectivity index (χ1n) is 9.20. The third-order valence-electron chi connectivity index (χ3n) is 5.35. The molecule has 0 spiro atoms. The van der Waals surface area contributed by atoms with Gasteiger partial charge in [-0.1, -0.05) is 12.8 Å². The van der Waals surface area contributed by atoms with Crippen LogP contribution in [0.2, 0.25) is 0 Å². The van der Waals surface area contributed by atoms with Gasteiger partial charge in [0.05, 0.1) is 0 Å². The molecule has 0 atom stereocenters. The SMILES string of the molecule is O=C(NCC1CCN(C2CCCC2)CC1)C(=O)Nc1ccc(F)cc1. The van der Waals surface area contributed by atoms with Crippen LogP contribution in [0.25, 0.3) is 0 Å². The molecular formula is C19H26FN3O2. The van der Waals surface area contributed by atoms with Crippen LogP contribution in [0.15, 0.2) is 24.3 Å².